The molecule has 1 aliphatic carbocycles. The lowest BCUT2D eigenvalue weighted by Gasteiger charge is -2.29. The molecule has 1 saturated carbocycles. The average Bonchev–Trinajstić information content (AvgIpc) is 2.91. The molecule has 2 heterocycles. The zero-order valence-corrected chi connectivity index (χ0v) is 14.2. The molecule has 1 aliphatic rings. The number of nitrogens with one attached hydrogen (secondary N) is 1. The van der Waals surface area contributed by atoms with Crippen LogP contribution in [0.4, 0.5) is 0 Å². The van der Waals surface area contributed by atoms with E-state index in [0.717, 1.165) is 31.3 Å². The highest BCUT2D eigenvalue weighted by Gasteiger charge is 2.18. The smallest absolute Gasteiger partial charge is 0.262 e. The maximum Gasteiger partial charge on any atom is 0.262 e. The lowest BCUT2D eigenvalue weighted by Crippen LogP contribution is -2.32. The first-order chi connectivity index (χ1) is 11.2. The van der Waals surface area contributed by atoms with Gasteiger partial charge in [0.05, 0.1) is 12.7 Å². The number of aromatic amines is 1. The number of fused-ring (bicyclic) bond motifs is 1. The summed E-state index contributed by atoms with van der Waals surface area (Å²) in [6.07, 6.45) is 9.48. The van der Waals surface area contributed by atoms with Crippen molar-refractivity contribution < 1.29 is 0 Å². The zero-order valence-electron chi connectivity index (χ0n) is 14.2. The summed E-state index contributed by atoms with van der Waals surface area (Å²) in [4.78, 5) is 22.2. The van der Waals surface area contributed by atoms with Crippen LogP contribution in [-0.2, 0) is 13.6 Å². The Morgan fingerprint density at radius 3 is 2.87 bits per heavy atom. The van der Waals surface area contributed by atoms with Crippen molar-refractivity contribution in [3.05, 3.63) is 22.4 Å². The Labute approximate surface area is 136 Å². The molecule has 1 fully saturated rings. The van der Waals surface area contributed by atoms with Crippen LogP contribution in [-0.4, -0.2) is 37.7 Å². The van der Waals surface area contributed by atoms with Gasteiger partial charge in [-0.25, -0.2) is 4.98 Å². The minimum absolute atomic E-state index is 0.0905. The molecule has 0 aliphatic heterocycles. The molecule has 0 saturated heterocycles. The van der Waals surface area contributed by atoms with Crippen LogP contribution >= 0.6 is 0 Å². The molecular formula is C17H27N5O. The van der Waals surface area contributed by atoms with Gasteiger partial charge in [-0.3, -0.25) is 14.4 Å². The van der Waals surface area contributed by atoms with E-state index in [4.69, 9.17) is 0 Å². The summed E-state index contributed by atoms with van der Waals surface area (Å²) in [6.45, 7) is 5.07. The number of H-pyrrole nitrogens is 1. The third kappa shape index (κ3) is 3.80. The van der Waals surface area contributed by atoms with Gasteiger partial charge >= 0.3 is 0 Å². The zero-order chi connectivity index (χ0) is 16.2. The Kier molecular flexibility index (Phi) is 5.10. The van der Waals surface area contributed by atoms with E-state index in [2.05, 4.69) is 26.9 Å². The Morgan fingerprint density at radius 1 is 1.35 bits per heavy atom. The fraction of sp³-hybridized carbons (Fsp3) is 0.706. The van der Waals surface area contributed by atoms with Crippen LogP contribution in [0.2, 0.25) is 0 Å². The first-order valence-electron chi connectivity index (χ1n) is 8.80. The topological polar surface area (TPSA) is 66.8 Å². The molecule has 0 bridgehead atoms. The van der Waals surface area contributed by atoms with E-state index in [1.807, 2.05) is 7.05 Å². The van der Waals surface area contributed by atoms with Crippen molar-refractivity contribution in [2.24, 2.45) is 13.0 Å². The van der Waals surface area contributed by atoms with Gasteiger partial charge in [0.15, 0.2) is 5.65 Å². The van der Waals surface area contributed by atoms with E-state index in [-0.39, 0.29) is 5.56 Å². The number of aryl methyl sites for hydroxylation is 1. The molecule has 126 valence electrons. The highest BCUT2D eigenvalue weighted by Crippen LogP contribution is 2.24. The third-order valence-electron chi connectivity index (χ3n) is 4.81. The second-order valence-electron chi connectivity index (χ2n) is 6.76. The summed E-state index contributed by atoms with van der Waals surface area (Å²) in [7, 11) is 1.82. The summed E-state index contributed by atoms with van der Waals surface area (Å²) in [5.41, 5.74) is 0.574. The summed E-state index contributed by atoms with van der Waals surface area (Å²) in [6, 6.07) is 0. The van der Waals surface area contributed by atoms with E-state index in [1.54, 1.807) is 10.9 Å². The lowest BCUT2D eigenvalue weighted by molar-refractivity contribution is 0.190. The molecule has 0 aromatic carbocycles. The molecule has 0 spiro atoms. The van der Waals surface area contributed by atoms with Crippen LogP contribution < -0.4 is 5.56 Å². The summed E-state index contributed by atoms with van der Waals surface area (Å²) in [5.74, 6) is 1.54. The largest absolute Gasteiger partial charge is 0.309 e. The molecule has 0 radical (unpaired) electrons. The molecule has 1 N–H and O–H groups in total. The molecule has 2 aromatic rings. The highest BCUT2D eigenvalue weighted by atomic mass is 16.1. The van der Waals surface area contributed by atoms with Crippen molar-refractivity contribution in [1.29, 1.82) is 0 Å². The number of hydrogen-bond acceptors (Lipinski definition) is 4. The number of nitrogens with zero attached hydrogens (tertiary/aromatic N) is 4. The van der Waals surface area contributed by atoms with E-state index in [0.29, 0.717) is 17.6 Å². The van der Waals surface area contributed by atoms with E-state index >= 15 is 0 Å². The second-order valence-corrected chi connectivity index (χ2v) is 6.76. The third-order valence-corrected chi connectivity index (χ3v) is 4.81. The summed E-state index contributed by atoms with van der Waals surface area (Å²) in [5, 5.41) is 4.69. The van der Waals surface area contributed by atoms with Crippen molar-refractivity contribution in [3.63, 3.8) is 0 Å². The van der Waals surface area contributed by atoms with Gasteiger partial charge in [-0.05, 0) is 31.7 Å². The van der Waals surface area contributed by atoms with Gasteiger partial charge in [0.2, 0.25) is 0 Å². The van der Waals surface area contributed by atoms with Gasteiger partial charge in [-0.15, -0.1) is 0 Å². The highest BCUT2D eigenvalue weighted by molar-refractivity contribution is 5.72. The number of aromatic nitrogens is 4. The maximum atomic E-state index is 12.2. The van der Waals surface area contributed by atoms with Crippen molar-refractivity contribution in [3.8, 4) is 0 Å². The van der Waals surface area contributed by atoms with E-state index < -0.39 is 0 Å². The monoisotopic (exact) mass is 317 g/mol. The van der Waals surface area contributed by atoms with Gasteiger partial charge in [0, 0.05) is 13.6 Å². The number of rotatable bonds is 6. The minimum atomic E-state index is -0.0905. The summed E-state index contributed by atoms with van der Waals surface area (Å²) < 4.78 is 1.67. The molecule has 23 heavy (non-hydrogen) atoms. The SMILES string of the molecule is CCCN(Cc1nc2c(cnn2C)c(=O)[nH]1)CC1CCCCC1. The van der Waals surface area contributed by atoms with Crippen LogP contribution in [0.3, 0.4) is 0 Å². The number of hydrogen-bond donors (Lipinski definition) is 1. The van der Waals surface area contributed by atoms with E-state index in [9.17, 15) is 4.79 Å². The van der Waals surface area contributed by atoms with Crippen molar-refractivity contribution in [1.82, 2.24) is 24.6 Å². The standard InChI is InChI=1S/C17H27N5O/c1-3-9-22(11-13-7-5-4-6-8-13)12-15-19-16-14(17(23)20-15)10-18-21(16)2/h10,13H,3-9,11-12H2,1-2H3,(H,19,20,23). The molecular weight excluding hydrogens is 290 g/mol. The normalized spacial score (nSPS) is 16.5. The van der Waals surface area contributed by atoms with Crippen molar-refractivity contribution in [2.45, 2.75) is 52.0 Å². The predicted octanol–water partition coefficient (Wildman–Crippen LogP) is 2.45. The molecule has 3 rings (SSSR count). The molecule has 6 heteroatoms. The van der Waals surface area contributed by atoms with Crippen LogP contribution in [0, 0.1) is 5.92 Å². The fourth-order valence-corrected chi connectivity index (χ4v) is 3.65. The Morgan fingerprint density at radius 2 is 2.13 bits per heavy atom. The van der Waals surface area contributed by atoms with Crippen LogP contribution in [0.25, 0.3) is 11.0 Å². The van der Waals surface area contributed by atoms with Gasteiger partial charge in [0.1, 0.15) is 11.2 Å². The first-order valence-corrected chi connectivity index (χ1v) is 8.80. The minimum Gasteiger partial charge on any atom is -0.309 e. The molecule has 0 atom stereocenters. The Bertz CT molecular complexity index is 699. The van der Waals surface area contributed by atoms with Crippen LogP contribution in [0.15, 0.2) is 11.0 Å². The molecule has 0 unspecified atom stereocenters. The van der Waals surface area contributed by atoms with Gasteiger partial charge in [-0.2, -0.15) is 5.10 Å². The quantitative estimate of drug-likeness (QED) is 0.888. The molecule has 0 amide bonds. The van der Waals surface area contributed by atoms with E-state index in [1.165, 1.54) is 32.1 Å². The van der Waals surface area contributed by atoms with Gasteiger partial charge in [0.25, 0.3) is 5.56 Å². The second kappa shape index (κ2) is 7.25. The Hall–Kier alpha value is -1.69. The van der Waals surface area contributed by atoms with Crippen molar-refractivity contribution in [2.75, 3.05) is 13.1 Å². The molecule has 6 nitrogen and oxygen atoms in total. The van der Waals surface area contributed by atoms with Crippen molar-refractivity contribution >= 4 is 11.0 Å². The predicted molar refractivity (Wildman–Crippen MR) is 91.3 cm³/mol. The lowest BCUT2D eigenvalue weighted by atomic mass is 9.89. The first kappa shape index (κ1) is 16.2. The van der Waals surface area contributed by atoms with Gasteiger partial charge < -0.3 is 4.98 Å². The Balaban J connectivity index is 1.76. The van der Waals surface area contributed by atoms with Gasteiger partial charge in [-0.1, -0.05) is 26.2 Å². The maximum absolute atomic E-state index is 12.2. The summed E-state index contributed by atoms with van der Waals surface area (Å²) >= 11 is 0. The van der Waals surface area contributed by atoms with Crippen LogP contribution in [0.5, 0.6) is 0 Å². The fourth-order valence-electron chi connectivity index (χ4n) is 3.65. The van der Waals surface area contributed by atoms with Crippen LogP contribution in [0.1, 0.15) is 51.3 Å². The molecule has 2 aromatic heterocycles. The average molecular weight is 317 g/mol.